The van der Waals surface area contributed by atoms with Crippen molar-refractivity contribution in [3.8, 4) is 0 Å². The van der Waals surface area contributed by atoms with Gasteiger partial charge in [-0.2, -0.15) is 0 Å². The third-order valence-electron chi connectivity index (χ3n) is 3.12. The molecule has 0 aliphatic carbocycles. The number of likely N-dealkylation sites (tertiary alicyclic amines) is 1. The van der Waals surface area contributed by atoms with Crippen molar-refractivity contribution in [3.63, 3.8) is 0 Å². The molecule has 0 spiro atoms. The molecule has 0 radical (unpaired) electrons. The van der Waals surface area contributed by atoms with Crippen LogP contribution in [-0.4, -0.2) is 28.7 Å². The minimum atomic E-state index is -0.164. The van der Waals surface area contributed by atoms with Gasteiger partial charge in [0.1, 0.15) is 6.73 Å². The van der Waals surface area contributed by atoms with E-state index in [9.17, 15) is 4.79 Å². The molecule has 3 heteroatoms. The summed E-state index contributed by atoms with van der Waals surface area (Å²) >= 11 is 0. The molecule has 0 aromatic heterocycles. The van der Waals surface area contributed by atoms with Crippen molar-refractivity contribution in [1.29, 1.82) is 0 Å². The Morgan fingerprint density at radius 2 is 2.12 bits per heavy atom. The second-order valence-electron chi connectivity index (χ2n) is 4.25. The lowest BCUT2D eigenvalue weighted by Crippen LogP contribution is -2.33. The monoisotopic (exact) mass is 231 g/mol. The summed E-state index contributed by atoms with van der Waals surface area (Å²) in [5, 5.41) is 9.10. The fourth-order valence-corrected chi connectivity index (χ4v) is 2.16. The number of nitrogens with zero attached hydrogens (tertiary/aromatic N) is 1. The molecule has 1 aliphatic heterocycles. The summed E-state index contributed by atoms with van der Waals surface area (Å²) < 4.78 is 0. The Bertz CT molecular complexity index is 400. The molecule has 2 rings (SSSR count). The molecule has 1 heterocycles. The number of carbonyl (C=O) groups is 1. The van der Waals surface area contributed by atoms with E-state index in [0.29, 0.717) is 6.42 Å². The molecule has 17 heavy (non-hydrogen) atoms. The molecule has 1 aliphatic rings. The highest BCUT2D eigenvalue weighted by Crippen LogP contribution is 2.21. The van der Waals surface area contributed by atoms with E-state index in [1.54, 1.807) is 4.90 Å². The van der Waals surface area contributed by atoms with Crippen LogP contribution in [0.3, 0.4) is 0 Å². The lowest BCUT2D eigenvalue weighted by molar-refractivity contribution is -0.132. The molecule has 1 atom stereocenters. The molecule has 1 aromatic rings. The number of aliphatic hydroxyl groups excluding tert-OH is 1. The Labute approximate surface area is 101 Å². The molecule has 1 saturated heterocycles. The van der Waals surface area contributed by atoms with Crippen molar-refractivity contribution < 1.29 is 9.90 Å². The van der Waals surface area contributed by atoms with Crippen molar-refractivity contribution >= 4 is 12.0 Å². The normalized spacial score (nSPS) is 20.4. The Morgan fingerprint density at radius 3 is 2.82 bits per heavy atom. The van der Waals surface area contributed by atoms with Gasteiger partial charge in [-0.15, -0.1) is 0 Å². The standard InChI is InChI=1S/C14H17NO2/c16-11-15-13(9-10-14(15)17)8-4-7-12-5-2-1-3-6-12/h1-7,13,16H,8-11H2/b7-4+. The Morgan fingerprint density at radius 1 is 1.35 bits per heavy atom. The van der Waals surface area contributed by atoms with E-state index in [0.717, 1.165) is 18.4 Å². The average molecular weight is 231 g/mol. The lowest BCUT2D eigenvalue weighted by atomic mass is 10.1. The smallest absolute Gasteiger partial charge is 0.224 e. The van der Waals surface area contributed by atoms with Gasteiger partial charge in [0.05, 0.1) is 0 Å². The van der Waals surface area contributed by atoms with E-state index in [1.807, 2.05) is 30.3 Å². The largest absolute Gasteiger partial charge is 0.376 e. The highest BCUT2D eigenvalue weighted by molar-refractivity contribution is 5.78. The Kier molecular flexibility index (Phi) is 3.94. The SMILES string of the molecule is O=C1CCC(C/C=C/c2ccccc2)N1CO. The van der Waals surface area contributed by atoms with Crippen LogP contribution in [0, 0.1) is 0 Å². The quantitative estimate of drug-likeness (QED) is 0.861. The number of amides is 1. The van der Waals surface area contributed by atoms with Gasteiger partial charge in [-0.3, -0.25) is 4.79 Å². The summed E-state index contributed by atoms with van der Waals surface area (Å²) in [5.41, 5.74) is 1.16. The minimum absolute atomic E-state index is 0.0608. The highest BCUT2D eigenvalue weighted by atomic mass is 16.3. The molecule has 1 amide bonds. The second kappa shape index (κ2) is 5.64. The van der Waals surface area contributed by atoms with Gasteiger partial charge in [0.2, 0.25) is 5.91 Å². The predicted octanol–water partition coefficient (Wildman–Crippen LogP) is 2.03. The maximum absolute atomic E-state index is 11.4. The molecule has 1 aromatic carbocycles. The van der Waals surface area contributed by atoms with E-state index in [-0.39, 0.29) is 18.7 Å². The summed E-state index contributed by atoms with van der Waals surface area (Å²) in [6, 6.07) is 10.2. The molecular weight excluding hydrogens is 214 g/mol. The zero-order valence-electron chi connectivity index (χ0n) is 9.75. The van der Waals surface area contributed by atoms with Gasteiger partial charge in [0.15, 0.2) is 0 Å². The zero-order valence-corrected chi connectivity index (χ0v) is 9.75. The molecule has 1 unspecified atom stereocenters. The molecular formula is C14H17NO2. The summed E-state index contributed by atoms with van der Waals surface area (Å²) in [7, 11) is 0. The number of hydrogen-bond donors (Lipinski definition) is 1. The number of rotatable bonds is 4. The molecule has 1 fully saturated rings. The summed E-state index contributed by atoms with van der Waals surface area (Å²) in [4.78, 5) is 12.9. The van der Waals surface area contributed by atoms with Gasteiger partial charge in [-0.1, -0.05) is 42.5 Å². The minimum Gasteiger partial charge on any atom is -0.376 e. The molecule has 1 N–H and O–H groups in total. The average Bonchev–Trinajstić information content (AvgIpc) is 2.71. The van der Waals surface area contributed by atoms with Gasteiger partial charge >= 0.3 is 0 Å². The van der Waals surface area contributed by atoms with Crippen LogP contribution < -0.4 is 0 Å². The molecule has 0 saturated carbocycles. The second-order valence-corrected chi connectivity index (χ2v) is 4.25. The highest BCUT2D eigenvalue weighted by Gasteiger charge is 2.28. The first-order valence-electron chi connectivity index (χ1n) is 5.93. The summed E-state index contributed by atoms with van der Waals surface area (Å²) in [6.45, 7) is -0.164. The Hall–Kier alpha value is -1.61. The third kappa shape index (κ3) is 2.94. The van der Waals surface area contributed by atoms with Crippen LogP contribution >= 0.6 is 0 Å². The van der Waals surface area contributed by atoms with Crippen LogP contribution in [0.15, 0.2) is 36.4 Å². The van der Waals surface area contributed by atoms with Crippen molar-refractivity contribution in [2.24, 2.45) is 0 Å². The van der Waals surface area contributed by atoms with Gasteiger partial charge in [0.25, 0.3) is 0 Å². The maximum Gasteiger partial charge on any atom is 0.224 e. The number of carbonyl (C=O) groups excluding carboxylic acids is 1. The number of hydrogen-bond acceptors (Lipinski definition) is 2. The molecule has 90 valence electrons. The molecule has 0 bridgehead atoms. The number of aliphatic hydroxyl groups is 1. The van der Waals surface area contributed by atoms with E-state index in [4.69, 9.17) is 5.11 Å². The van der Waals surface area contributed by atoms with Crippen LogP contribution in [0.1, 0.15) is 24.8 Å². The van der Waals surface area contributed by atoms with Gasteiger partial charge in [-0.25, -0.2) is 0 Å². The predicted molar refractivity (Wildman–Crippen MR) is 67.0 cm³/mol. The zero-order chi connectivity index (χ0) is 12.1. The first-order valence-corrected chi connectivity index (χ1v) is 5.93. The van der Waals surface area contributed by atoms with E-state index in [1.165, 1.54) is 0 Å². The van der Waals surface area contributed by atoms with Crippen LogP contribution in [0.4, 0.5) is 0 Å². The van der Waals surface area contributed by atoms with Crippen LogP contribution in [0.25, 0.3) is 6.08 Å². The first-order chi connectivity index (χ1) is 8.31. The summed E-state index contributed by atoms with van der Waals surface area (Å²) in [6.07, 6.45) is 6.34. The van der Waals surface area contributed by atoms with Crippen molar-refractivity contribution in [2.75, 3.05) is 6.73 Å². The third-order valence-corrected chi connectivity index (χ3v) is 3.12. The topological polar surface area (TPSA) is 40.5 Å². The van der Waals surface area contributed by atoms with Crippen LogP contribution in [0.5, 0.6) is 0 Å². The van der Waals surface area contributed by atoms with E-state index in [2.05, 4.69) is 12.2 Å². The first kappa shape index (κ1) is 11.9. The fraction of sp³-hybridized carbons (Fsp3) is 0.357. The number of benzene rings is 1. The van der Waals surface area contributed by atoms with Crippen molar-refractivity contribution in [1.82, 2.24) is 4.90 Å². The van der Waals surface area contributed by atoms with Crippen molar-refractivity contribution in [3.05, 3.63) is 42.0 Å². The van der Waals surface area contributed by atoms with Gasteiger partial charge in [-0.05, 0) is 18.4 Å². The summed E-state index contributed by atoms with van der Waals surface area (Å²) in [5.74, 6) is 0.0608. The Balaban J connectivity index is 1.90. The van der Waals surface area contributed by atoms with Crippen LogP contribution in [0.2, 0.25) is 0 Å². The lowest BCUT2D eigenvalue weighted by Gasteiger charge is -2.20. The van der Waals surface area contributed by atoms with Crippen molar-refractivity contribution in [2.45, 2.75) is 25.3 Å². The van der Waals surface area contributed by atoms with Gasteiger partial charge < -0.3 is 10.0 Å². The van der Waals surface area contributed by atoms with E-state index < -0.39 is 0 Å². The molecule has 3 nitrogen and oxygen atoms in total. The van der Waals surface area contributed by atoms with Crippen LogP contribution in [-0.2, 0) is 4.79 Å². The van der Waals surface area contributed by atoms with E-state index >= 15 is 0 Å². The fourth-order valence-electron chi connectivity index (χ4n) is 2.16. The van der Waals surface area contributed by atoms with Gasteiger partial charge in [0, 0.05) is 12.5 Å². The maximum atomic E-state index is 11.4.